The number of hydrogen-bond acceptors (Lipinski definition) is 7. The van der Waals surface area contributed by atoms with Gasteiger partial charge in [0.05, 0.1) is 0 Å². The van der Waals surface area contributed by atoms with Gasteiger partial charge in [-0.15, -0.1) is 11.3 Å². The summed E-state index contributed by atoms with van der Waals surface area (Å²) in [6, 6.07) is 2.96. The molecule has 0 aromatic carbocycles. The van der Waals surface area contributed by atoms with Crippen molar-refractivity contribution >= 4 is 27.3 Å². The van der Waals surface area contributed by atoms with Crippen molar-refractivity contribution in [3.05, 3.63) is 29.2 Å². The Bertz CT molecular complexity index is 919. The number of amides is 1. The molecule has 10 heteroatoms. The average molecular weight is 425 g/mol. The summed E-state index contributed by atoms with van der Waals surface area (Å²) in [6.07, 6.45) is 4.34. The Morgan fingerprint density at radius 3 is 2.64 bits per heavy atom. The van der Waals surface area contributed by atoms with Gasteiger partial charge in [-0.25, -0.2) is 8.42 Å². The highest BCUT2D eigenvalue weighted by Gasteiger charge is 2.39. The van der Waals surface area contributed by atoms with Crippen LogP contribution in [0.3, 0.4) is 0 Å². The number of carbonyl (C=O) groups excluding carboxylic acids is 1. The fourth-order valence-electron chi connectivity index (χ4n) is 4.06. The predicted octanol–water partition coefficient (Wildman–Crippen LogP) is 2.59. The molecular weight excluding hydrogens is 400 g/mol. The average Bonchev–Trinajstić information content (AvgIpc) is 3.41. The van der Waals surface area contributed by atoms with Crippen LogP contribution in [0.1, 0.15) is 49.9 Å². The minimum Gasteiger partial charge on any atom is -0.337 e. The molecule has 2 aromatic heterocycles. The maximum Gasteiger partial charge on any atom is 0.252 e. The molecule has 1 amide bonds. The second-order valence-corrected chi connectivity index (χ2v) is 10.4. The van der Waals surface area contributed by atoms with E-state index in [9.17, 15) is 13.2 Å². The summed E-state index contributed by atoms with van der Waals surface area (Å²) in [5.41, 5.74) is 0. The van der Waals surface area contributed by atoms with E-state index in [-0.39, 0.29) is 18.4 Å². The summed E-state index contributed by atoms with van der Waals surface area (Å²) in [5, 5.41) is 5.62. The fraction of sp³-hybridized carbons (Fsp3) is 0.611. The monoisotopic (exact) mass is 424 g/mol. The number of sulfonamides is 1. The Balaban J connectivity index is 1.61. The molecule has 0 spiro atoms. The molecule has 4 rings (SSSR count). The number of aryl methyl sites for hydroxylation is 1. The van der Waals surface area contributed by atoms with Crippen molar-refractivity contribution in [3.8, 4) is 0 Å². The lowest BCUT2D eigenvalue weighted by atomic mass is 10.0. The molecule has 0 N–H and O–H groups in total. The van der Waals surface area contributed by atoms with Gasteiger partial charge >= 0.3 is 0 Å². The molecule has 1 aliphatic carbocycles. The summed E-state index contributed by atoms with van der Waals surface area (Å²) in [5.74, 6) is 0.982. The first-order valence-corrected chi connectivity index (χ1v) is 11.9. The van der Waals surface area contributed by atoms with Gasteiger partial charge < -0.3 is 9.42 Å². The molecule has 1 saturated carbocycles. The van der Waals surface area contributed by atoms with Crippen molar-refractivity contribution in [1.29, 1.82) is 0 Å². The Morgan fingerprint density at radius 2 is 2.00 bits per heavy atom. The van der Waals surface area contributed by atoms with Gasteiger partial charge in [-0.05, 0) is 37.6 Å². The minimum atomic E-state index is -3.56. The van der Waals surface area contributed by atoms with Crippen LogP contribution in [0.2, 0.25) is 0 Å². The molecule has 0 radical (unpaired) electrons. The maximum atomic E-state index is 13.2. The van der Waals surface area contributed by atoms with Crippen LogP contribution in [0.25, 0.3) is 0 Å². The van der Waals surface area contributed by atoms with Crippen LogP contribution in [0.4, 0.5) is 0 Å². The molecular formula is C18H24N4O4S2. The maximum absolute atomic E-state index is 13.2. The first-order valence-electron chi connectivity index (χ1n) is 9.61. The Kier molecular flexibility index (Phi) is 5.52. The molecule has 2 aliphatic rings. The number of thiophene rings is 1. The van der Waals surface area contributed by atoms with Crippen molar-refractivity contribution < 1.29 is 17.7 Å². The molecule has 28 heavy (non-hydrogen) atoms. The standard InChI is InChI=1S/C18H24N4O4S2/c1-13-19-17(26-20-13)15-8-9-21(28(24,25)16-7-4-12-27-16)10-11-22(15)18(23)14-5-2-3-6-14/h4,7,12,14-15H,2-3,5-6,8-11H2,1H3. The van der Waals surface area contributed by atoms with Crippen molar-refractivity contribution in [2.24, 2.45) is 5.92 Å². The van der Waals surface area contributed by atoms with Gasteiger partial charge in [0.2, 0.25) is 11.8 Å². The van der Waals surface area contributed by atoms with E-state index >= 15 is 0 Å². The van der Waals surface area contributed by atoms with E-state index in [2.05, 4.69) is 10.1 Å². The first-order chi connectivity index (χ1) is 13.5. The quantitative estimate of drug-likeness (QED) is 0.748. The first kappa shape index (κ1) is 19.5. The van der Waals surface area contributed by atoms with Crippen LogP contribution in [-0.2, 0) is 14.8 Å². The number of carbonyl (C=O) groups is 1. The summed E-state index contributed by atoms with van der Waals surface area (Å²) in [6.45, 7) is 2.63. The van der Waals surface area contributed by atoms with E-state index < -0.39 is 16.1 Å². The van der Waals surface area contributed by atoms with Crippen LogP contribution in [0.15, 0.2) is 26.2 Å². The van der Waals surface area contributed by atoms with E-state index in [0.717, 1.165) is 25.7 Å². The molecule has 1 saturated heterocycles. The number of rotatable bonds is 4. The molecule has 0 bridgehead atoms. The van der Waals surface area contributed by atoms with E-state index in [0.29, 0.717) is 35.4 Å². The van der Waals surface area contributed by atoms with Gasteiger partial charge in [-0.2, -0.15) is 9.29 Å². The zero-order chi connectivity index (χ0) is 19.7. The molecule has 1 unspecified atom stereocenters. The van der Waals surface area contributed by atoms with Gasteiger partial charge in [0.1, 0.15) is 10.3 Å². The predicted molar refractivity (Wildman–Crippen MR) is 103 cm³/mol. The molecule has 2 aromatic rings. The molecule has 1 aliphatic heterocycles. The number of hydrogen-bond donors (Lipinski definition) is 0. The fourth-order valence-corrected chi connectivity index (χ4v) is 6.65. The smallest absolute Gasteiger partial charge is 0.252 e. The van der Waals surface area contributed by atoms with Crippen LogP contribution >= 0.6 is 11.3 Å². The summed E-state index contributed by atoms with van der Waals surface area (Å²) in [7, 11) is -3.56. The van der Waals surface area contributed by atoms with Gasteiger partial charge in [-0.3, -0.25) is 4.79 Å². The Labute approximate surface area is 168 Å². The lowest BCUT2D eigenvalue weighted by Crippen LogP contribution is -2.40. The van der Waals surface area contributed by atoms with Crippen molar-refractivity contribution in [1.82, 2.24) is 19.3 Å². The van der Waals surface area contributed by atoms with Gasteiger partial charge in [0, 0.05) is 25.6 Å². The molecule has 8 nitrogen and oxygen atoms in total. The van der Waals surface area contributed by atoms with Crippen molar-refractivity contribution in [2.75, 3.05) is 19.6 Å². The molecule has 152 valence electrons. The highest BCUT2D eigenvalue weighted by Crippen LogP contribution is 2.34. The topological polar surface area (TPSA) is 96.6 Å². The third-order valence-electron chi connectivity index (χ3n) is 5.52. The second-order valence-electron chi connectivity index (χ2n) is 7.33. The van der Waals surface area contributed by atoms with Crippen LogP contribution in [-0.4, -0.2) is 53.3 Å². The van der Waals surface area contributed by atoms with E-state index in [4.69, 9.17) is 4.52 Å². The second kappa shape index (κ2) is 7.92. The minimum absolute atomic E-state index is 0.00646. The largest absolute Gasteiger partial charge is 0.337 e. The highest BCUT2D eigenvalue weighted by atomic mass is 32.2. The Hall–Kier alpha value is -1.78. The van der Waals surface area contributed by atoms with Crippen LogP contribution < -0.4 is 0 Å². The van der Waals surface area contributed by atoms with E-state index in [1.807, 2.05) is 0 Å². The van der Waals surface area contributed by atoms with Gasteiger partial charge in [0.15, 0.2) is 5.82 Å². The van der Waals surface area contributed by atoms with E-state index in [1.165, 1.54) is 15.6 Å². The lowest BCUT2D eigenvalue weighted by molar-refractivity contribution is -0.138. The Morgan fingerprint density at radius 1 is 1.21 bits per heavy atom. The third kappa shape index (κ3) is 3.72. The highest BCUT2D eigenvalue weighted by molar-refractivity contribution is 7.91. The molecule has 2 fully saturated rings. The van der Waals surface area contributed by atoms with Crippen molar-refractivity contribution in [3.63, 3.8) is 0 Å². The third-order valence-corrected chi connectivity index (χ3v) is 8.80. The number of aromatic nitrogens is 2. The van der Waals surface area contributed by atoms with Gasteiger partial charge in [0.25, 0.3) is 10.0 Å². The summed E-state index contributed by atoms with van der Waals surface area (Å²) < 4.78 is 33.1. The SMILES string of the molecule is Cc1noc(C2CCN(S(=O)(=O)c3cccs3)CCN2C(=O)C2CCCC2)n1. The van der Waals surface area contributed by atoms with Crippen LogP contribution in [0, 0.1) is 12.8 Å². The lowest BCUT2D eigenvalue weighted by Gasteiger charge is -2.29. The molecule has 3 heterocycles. The summed E-state index contributed by atoms with van der Waals surface area (Å²) in [4.78, 5) is 19.3. The molecule has 1 atom stereocenters. The van der Waals surface area contributed by atoms with Crippen LogP contribution in [0.5, 0.6) is 0 Å². The zero-order valence-electron chi connectivity index (χ0n) is 15.8. The zero-order valence-corrected chi connectivity index (χ0v) is 17.4. The number of nitrogens with zero attached hydrogens (tertiary/aromatic N) is 4. The summed E-state index contributed by atoms with van der Waals surface area (Å²) >= 11 is 1.21. The van der Waals surface area contributed by atoms with Gasteiger partial charge in [-0.1, -0.05) is 24.1 Å². The normalized spacial score (nSPS) is 22.5. The van der Waals surface area contributed by atoms with Crippen molar-refractivity contribution in [2.45, 2.75) is 49.3 Å². The van der Waals surface area contributed by atoms with E-state index in [1.54, 1.807) is 29.3 Å².